The number of aromatic nitrogens is 1. The summed E-state index contributed by atoms with van der Waals surface area (Å²) in [5.74, 6) is -0.1000. The SMILES string of the molecule is O=C(Nc1ccncc1)C(Sc1cccc(NC(=S)Nc2ccccc2)c1)c1ccccc1. The lowest BCUT2D eigenvalue weighted by Crippen LogP contribution is -2.19. The molecule has 3 aromatic carbocycles. The number of rotatable bonds is 7. The monoisotopic (exact) mass is 470 g/mol. The van der Waals surface area contributed by atoms with Crippen LogP contribution in [0, 0.1) is 0 Å². The Hall–Kier alpha value is -3.68. The van der Waals surface area contributed by atoms with Gasteiger partial charge in [0.05, 0.1) is 0 Å². The van der Waals surface area contributed by atoms with Crippen LogP contribution in [0.4, 0.5) is 17.1 Å². The Balaban J connectivity index is 1.49. The number of thiocarbonyl (C=S) groups is 1. The highest BCUT2D eigenvalue weighted by atomic mass is 32.2. The largest absolute Gasteiger partial charge is 0.332 e. The van der Waals surface area contributed by atoms with Crippen molar-refractivity contribution >= 4 is 52.1 Å². The fraction of sp³-hybridized carbons (Fsp3) is 0.0385. The molecule has 0 aliphatic rings. The van der Waals surface area contributed by atoms with Crippen LogP contribution in [0.3, 0.4) is 0 Å². The van der Waals surface area contributed by atoms with Crippen molar-refractivity contribution in [3.63, 3.8) is 0 Å². The molecular formula is C26H22N4OS2. The second kappa shape index (κ2) is 11.3. The summed E-state index contributed by atoms with van der Waals surface area (Å²) in [6.07, 6.45) is 3.31. The maximum Gasteiger partial charge on any atom is 0.242 e. The van der Waals surface area contributed by atoms with Crippen molar-refractivity contribution in [1.29, 1.82) is 0 Å². The first-order valence-electron chi connectivity index (χ1n) is 10.3. The first kappa shape index (κ1) is 22.5. The molecule has 5 nitrogen and oxygen atoms in total. The minimum atomic E-state index is -0.427. The molecule has 7 heteroatoms. The van der Waals surface area contributed by atoms with Crippen LogP contribution in [0.1, 0.15) is 10.8 Å². The molecule has 0 saturated carbocycles. The molecule has 164 valence electrons. The summed E-state index contributed by atoms with van der Waals surface area (Å²) in [6, 6.07) is 30.9. The van der Waals surface area contributed by atoms with E-state index in [2.05, 4.69) is 20.9 Å². The van der Waals surface area contributed by atoms with Crippen LogP contribution in [-0.2, 0) is 4.79 Å². The van der Waals surface area contributed by atoms with Crippen LogP contribution >= 0.6 is 24.0 Å². The quantitative estimate of drug-likeness (QED) is 0.216. The average Bonchev–Trinajstić information content (AvgIpc) is 2.84. The van der Waals surface area contributed by atoms with Crippen molar-refractivity contribution in [2.75, 3.05) is 16.0 Å². The van der Waals surface area contributed by atoms with E-state index in [1.165, 1.54) is 11.8 Å². The van der Waals surface area contributed by atoms with Crippen LogP contribution in [0.5, 0.6) is 0 Å². The number of nitrogens with one attached hydrogen (secondary N) is 3. The van der Waals surface area contributed by atoms with Gasteiger partial charge in [0.1, 0.15) is 5.25 Å². The number of carbonyl (C=O) groups is 1. The molecule has 0 aliphatic carbocycles. The highest BCUT2D eigenvalue weighted by Gasteiger charge is 2.22. The normalized spacial score (nSPS) is 11.3. The molecule has 1 aromatic heterocycles. The molecule has 4 rings (SSSR count). The van der Waals surface area contributed by atoms with Gasteiger partial charge in [-0.25, -0.2) is 0 Å². The van der Waals surface area contributed by atoms with Crippen molar-refractivity contribution in [1.82, 2.24) is 4.98 Å². The van der Waals surface area contributed by atoms with Crippen molar-refractivity contribution in [2.24, 2.45) is 0 Å². The van der Waals surface area contributed by atoms with Gasteiger partial charge in [-0.2, -0.15) is 0 Å². The molecule has 33 heavy (non-hydrogen) atoms. The lowest BCUT2D eigenvalue weighted by Gasteiger charge is -2.18. The van der Waals surface area contributed by atoms with E-state index in [0.29, 0.717) is 10.8 Å². The van der Waals surface area contributed by atoms with E-state index in [0.717, 1.165) is 21.8 Å². The fourth-order valence-electron chi connectivity index (χ4n) is 3.14. The molecule has 0 fully saturated rings. The van der Waals surface area contributed by atoms with E-state index >= 15 is 0 Å². The van der Waals surface area contributed by atoms with Gasteiger partial charge in [-0.05, 0) is 60.2 Å². The number of thioether (sulfide) groups is 1. The van der Waals surface area contributed by atoms with Gasteiger partial charge in [-0.1, -0.05) is 54.6 Å². The first-order chi connectivity index (χ1) is 16.2. The zero-order valence-electron chi connectivity index (χ0n) is 17.6. The topological polar surface area (TPSA) is 66.0 Å². The molecule has 0 spiro atoms. The zero-order valence-corrected chi connectivity index (χ0v) is 19.3. The van der Waals surface area contributed by atoms with Gasteiger partial charge >= 0.3 is 0 Å². The standard InChI is InChI=1S/C26H22N4OS2/c31-25(28-21-14-16-27-17-15-21)24(19-8-3-1-4-9-19)33-23-13-7-12-22(18-23)30-26(32)29-20-10-5-2-6-11-20/h1-18,24H,(H,27,28,31)(H2,29,30,32). The lowest BCUT2D eigenvalue weighted by molar-refractivity contribution is -0.115. The van der Waals surface area contributed by atoms with Crippen LogP contribution in [-0.4, -0.2) is 16.0 Å². The number of benzene rings is 3. The van der Waals surface area contributed by atoms with Crippen LogP contribution in [0.25, 0.3) is 0 Å². The third-order valence-corrected chi connectivity index (χ3v) is 6.12. The Morgan fingerprint density at radius 2 is 1.33 bits per heavy atom. The number of hydrogen-bond donors (Lipinski definition) is 3. The van der Waals surface area contributed by atoms with Gasteiger partial charge in [0.2, 0.25) is 5.91 Å². The van der Waals surface area contributed by atoms with E-state index < -0.39 is 5.25 Å². The Morgan fingerprint density at radius 1 is 0.727 bits per heavy atom. The zero-order chi connectivity index (χ0) is 22.9. The van der Waals surface area contributed by atoms with E-state index in [-0.39, 0.29) is 5.91 Å². The summed E-state index contributed by atoms with van der Waals surface area (Å²) in [7, 11) is 0. The smallest absolute Gasteiger partial charge is 0.242 e. The highest BCUT2D eigenvalue weighted by molar-refractivity contribution is 8.00. The fourth-order valence-corrected chi connectivity index (χ4v) is 4.46. The number of pyridine rings is 1. The van der Waals surface area contributed by atoms with Crippen LogP contribution in [0.2, 0.25) is 0 Å². The summed E-state index contributed by atoms with van der Waals surface area (Å²) in [5.41, 5.74) is 3.39. The Morgan fingerprint density at radius 3 is 2.06 bits per heavy atom. The van der Waals surface area contributed by atoms with Gasteiger partial charge in [-0.15, -0.1) is 11.8 Å². The van der Waals surface area contributed by atoms with E-state index in [9.17, 15) is 4.79 Å². The predicted molar refractivity (Wildman–Crippen MR) is 141 cm³/mol. The third-order valence-electron chi connectivity index (χ3n) is 4.67. The molecule has 0 aliphatic heterocycles. The summed E-state index contributed by atoms with van der Waals surface area (Å²) < 4.78 is 0. The second-order valence-corrected chi connectivity index (χ2v) is 8.69. The highest BCUT2D eigenvalue weighted by Crippen LogP contribution is 2.37. The molecule has 1 amide bonds. The molecule has 1 heterocycles. The average molecular weight is 471 g/mol. The third kappa shape index (κ3) is 6.65. The minimum absolute atomic E-state index is 0.1000. The Labute approximate surface area is 202 Å². The number of para-hydroxylation sites is 1. The van der Waals surface area contributed by atoms with E-state index in [1.54, 1.807) is 24.5 Å². The molecular weight excluding hydrogens is 448 g/mol. The van der Waals surface area contributed by atoms with Gasteiger partial charge in [0.25, 0.3) is 0 Å². The summed E-state index contributed by atoms with van der Waals surface area (Å²) in [4.78, 5) is 18.1. The molecule has 0 saturated heterocycles. The van der Waals surface area contributed by atoms with Gasteiger partial charge in [0, 0.05) is 34.4 Å². The van der Waals surface area contributed by atoms with E-state index in [1.807, 2.05) is 84.9 Å². The van der Waals surface area contributed by atoms with E-state index in [4.69, 9.17) is 12.2 Å². The molecule has 0 radical (unpaired) electrons. The van der Waals surface area contributed by atoms with Crippen molar-refractivity contribution in [2.45, 2.75) is 10.1 Å². The number of amides is 1. The number of nitrogens with zero attached hydrogens (tertiary/aromatic N) is 1. The van der Waals surface area contributed by atoms with Gasteiger partial charge < -0.3 is 16.0 Å². The number of anilines is 3. The lowest BCUT2D eigenvalue weighted by atomic mass is 10.1. The van der Waals surface area contributed by atoms with Crippen molar-refractivity contribution in [3.05, 3.63) is 115 Å². The Kier molecular flexibility index (Phi) is 7.68. The van der Waals surface area contributed by atoms with Crippen LogP contribution in [0.15, 0.2) is 114 Å². The Bertz CT molecular complexity index is 1200. The number of carbonyl (C=O) groups excluding carboxylic acids is 1. The van der Waals surface area contributed by atoms with Crippen molar-refractivity contribution in [3.8, 4) is 0 Å². The summed E-state index contributed by atoms with van der Waals surface area (Å²) in [6.45, 7) is 0. The molecule has 1 atom stereocenters. The van der Waals surface area contributed by atoms with Gasteiger partial charge in [0.15, 0.2) is 5.11 Å². The first-order valence-corrected chi connectivity index (χ1v) is 11.6. The molecule has 4 aromatic rings. The summed E-state index contributed by atoms with van der Waals surface area (Å²) in [5, 5.41) is 9.44. The second-order valence-electron chi connectivity index (χ2n) is 7.11. The molecule has 3 N–H and O–H groups in total. The maximum atomic E-state index is 13.2. The van der Waals surface area contributed by atoms with Gasteiger partial charge in [-0.3, -0.25) is 9.78 Å². The van der Waals surface area contributed by atoms with Crippen LogP contribution < -0.4 is 16.0 Å². The molecule has 0 bridgehead atoms. The predicted octanol–water partition coefficient (Wildman–Crippen LogP) is 6.36. The minimum Gasteiger partial charge on any atom is -0.332 e. The maximum absolute atomic E-state index is 13.2. The van der Waals surface area contributed by atoms with Crippen molar-refractivity contribution < 1.29 is 4.79 Å². The summed E-state index contributed by atoms with van der Waals surface area (Å²) >= 11 is 6.92. The molecule has 1 unspecified atom stereocenters. The number of hydrogen-bond acceptors (Lipinski definition) is 4.